The zero-order valence-corrected chi connectivity index (χ0v) is 16.4. The number of nitrogens with zero attached hydrogens (tertiary/aromatic N) is 3. The summed E-state index contributed by atoms with van der Waals surface area (Å²) in [6.45, 7) is 6.79. The zero-order chi connectivity index (χ0) is 17.9. The van der Waals surface area contributed by atoms with Crippen molar-refractivity contribution in [2.45, 2.75) is 6.92 Å². The van der Waals surface area contributed by atoms with E-state index in [0.29, 0.717) is 0 Å². The molecule has 6 heteroatoms. The van der Waals surface area contributed by atoms with E-state index in [2.05, 4.69) is 63.8 Å². The summed E-state index contributed by atoms with van der Waals surface area (Å²) in [5, 5.41) is 6.26. The average Bonchev–Trinajstić information content (AvgIpc) is 3.17. The highest BCUT2D eigenvalue weighted by Crippen LogP contribution is 2.34. The lowest BCUT2D eigenvalue weighted by Crippen LogP contribution is -2.51. The van der Waals surface area contributed by atoms with E-state index in [1.807, 2.05) is 6.07 Å². The topological polar surface area (TPSA) is 31.4 Å². The van der Waals surface area contributed by atoms with Crippen LogP contribution in [0.3, 0.4) is 0 Å². The molecule has 3 heterocycles. The molecule has 0 spiro atoms. The van der Waals surface area contributed by atoms with Crippen LogP contribution in [0.1, 0.15) is 6.92 Å². The molecule has 134 valence electrons. The Kier molecular flexibility index (Phi) is 5.04. The van der Waals surface area contributed by atoms with Gasteiger partial charge in [-0.1, -0.05) is 30.3 Å². The first kappa shape index (κ1) is 17.2. The van der Waals surface area contributed by atoms with Gasteiger partial charge in [-0.15, -0.1) is 11.3 Å². The molecule has 1 aromatic carbocycles. The van der Waals surface area contributed by atoms with E-state index in [4.69, 9.17) is 17.2 Å². The minimum absolute atomic E-state index is 0.869. The summed E-state index contributed by atoms with van der Waals surface area (Å²) in [7, 11) is 0. The number of thiophene rings is 1. The van der Waals surface area contributed by atoms with Crippen LogP contribution < -0.4 is 10.2 Å². The van der Waals surface area contributed by atoms with Gasteiger partial charge in [0.15, 0.2) is 5.11 Å². The van der Waals surface area contributed by atoms with Gasteiger partial charge in [-0.25, -0.2) is 4.98 Å². The fourth-order valence-electron chi connectivity index (χ4n) is 3.34. The number of thiocarbonyl (C=S) groups is 1. The maximum atomic E-state index is 5.46. The molecule has 2 aromatic heterocycles. The normalized spacial score (nSPS) is 14.7. The van der Waals surface area contributed by atoms with Crippen LogP contribution in [0.5, 0.6) is 0 Å². The number of rotatable bonds is 3. The molecule has 1 aliphatic rings. The van der Waals surface area contributed by atoms with Crippen molar-refractivity contribution in [2.75, 3.05) is 37.6 Å². The van der Waals surface area contributed by atoms with E-state index in [9.17, 15) is 0 Å². The number of pyridine rings is 1. The van der Waals surface area contributed by atoms with Gasteiger partial charge in [0.2, 0.25) is 0 Å². The lowest BCUT2D eigenvalue weighted by atomic mass is 10.1. The van der Waals surface area contributed by atoms with Gasteiger partial charge in [0.1, 0.15) is 0 Å². The van der Waals surface area contributed by atoms with Crippen LogP contribution in [0.25, 0.3) is 21.5 Å². The van der Waals surface area contributed by atoms with Gasteiger partial charge in [-0.2, -0.15) is 0 Å². The minimum Gasteiger partial charge on any atom is -0.367 e. The summed E-state index contributed by atoms with van der Waals surface area (Å²) in [5.41, 5.74) is 4.57. The largest absolute Gasteiger partial charge is 0.367 e. The number of anilines is 1. The van der Waals surface area contributed by atoms with Crippen molar-refractivity contribution in [1.29, 1.82) is 0 Å². The smallest absolute Gasteiger partial charge is 0.169 e. The van der Waals surface area contributed by atoms with Crippen LogP contribution in [0.15, 0.2) is 47.8 Å². The Labute approximate surface area is 163 Å². The third-order valence-electron chi connectivity index (χ3n) is 4.70. The fraction of sp³-hybridized carbons (Fsp3) is 0.300. The molecule has 0 amide bonds. The quantitative estimate of drug-likeness (QED) is 0.693. The minimum atomic E-state index is 0.869. The Balaban J connectivity index is 1.62. The number of nitrogens with one attached hydrogen (secondary N) is 1. The Hall–Kier alpha value is -2.18. The van der Waals surface area contributed by atoms with Crippen LogP contribution in [-0.2, 0) is 0 Å². The van der Waals surface area contributed by atoms with E-state index >= 15 is 0 Å². The van der Waals surface area contributed by atoms with Gasteiger partial charge in [0, 0.05) is 38.3 Å². The summed E-state index contributed by atoms with van der Waals surface area (Å²) < 4.78 is 1.27. The molecule has 0 bridgehead atoms. The van der Waals surface area contributed by atoms with Gasteiger partial charge < -0.3 is 15.1 Å². The molecule has 1 fully saturated rings. The van der Waals surface area contributed by atoms with E-state index < -0.39 is 0 Å². The molecular formula is C20H22N4S2. The first-order valence-corrected chi connectivity index (χ1v) is 10.3. The molecule has 3 aromatic rings. The number of fused-ring (bicyclic) bond motifs is 1. The van der Waals surface area contributed by atoms with Gasteiger partial charge in [-0.3, -0.25) is 0 Å². The molecule has 1 N–H and O–H groups in total. The first-order valence-electron chi connectivity index (χ1n) is 8.97. The number of benzene rings is 1. The maximum Gasteiger partial charge on any atom is 0.169 e. The fourth-order valence-corrected chi connectivity index (χ4v) is 4.55. The Morgan fingerprint density at radius 3 is 2.65 bits per heavy atom. The van der Waals surface area contributed by atoms with Crippen molar-refractivity contribution in [3.05, 3.63) is 47.8 Å². The molecule has 1 saturated heterocycles. The highest BCUT2D eigenvalue weighted by Gasteiger charge is 2.21. The van der Waals surface area contributed by atoms with Crippen molar-refractivity contribution in [3.8, 4) is 11.3 Å². The number of hydrogen-bond acceptors (Lipinski definition) is 4. The SMILES string of the molecule is CCNC(=S)N1CCN(c2cc(-c3ccccc3)nc3ccsc23)CC1. The third-order valence-corrected chi connectivity index (χ3v) is 6.03. The Bertz CT molecular complexity index is 899. The van der Waals surface area contributed by atoms with E-state index in [1.54, 1.807) is 11.3 Å². The summed E-state index contributed by atoms with van der Waals surface area (Å²) in [6.07, 6.45) is 0. The van der Waals surface area contributed by atoms with Crippen molar-refractivity contribution >= 4 is 44.6 Å². The van der Waals surface area contributed by atoms with E-state index in [0.717, 1.165) is 54.6 Å². The lowest BCUT2D eigenvalue weighted by Gasteiger charge is -2.37. The second-order valence-corrected chi connectivity index (χ2v) is 7.64. The van der Waals surface area contributed by atoms with Crippen LogP contribution in [0.2, 0.25) is 0 Å². The van der Waals surface area contributed by atoms with Gasteiger partial charge >= 0.3 is 0 Å². The van der Waals surface area contributed by atoms with Gasteiger partial charge in [0.05, 0.1) is 21.6 Å². The van der Waals surface area contributed by atoms with Crippen molar-refractivity contribution in [1.82, 2.24) is 15.2 Å². The number of piperazine rings is 1. The lowest BCUT2D eigenvalue weighted by molar-refractivity contribution is 0.381. The standard InChI is InChI=1S/C20H22N4S2/c1-2-21-20(25)24-11-9-23(10-12-24)18-14-17(15-6-4-3-5-7-15)22-16-8-13-26-19(16)18/h3-8,13-14H,2,9-12H2,1H3,(H,21,25). The van der Waals surface area contributed by atoms with Crippen LogP contribution in [0, 0.1) is 0 Å². The molecule has 26 heavy (non-hydrogen) atoms. The summed E-state index contributed by atoms with van der Waals surface area (Å²) in [4.78, 5) is 9.61. The highest BCUT2D eigenvalue weighted by atomic mass is 32.1. The predicted molar refractivity (Wildman–Crippen MR) is 115 cm³/mol. The monoisotopic (exact) mass is 382 g/mol. The molecule has 0 unspecified atom stereocenters. The van der Waals surface area contributed by atoms with Crippen molar-refractivity contribution in [3.63, 3.8) is 0 Å². The molecule has 0 aliphatic carbocycles. The van der Waals surface area contributed by atoms with Crippen LogP contribution >= 0.6 is 23.6 Å². The van der Waals surface area contributed by atoms with Crippen LogP contribution in [0.4, 0.5) is 5.69 Å². The summed E-state index contributed by atoms with van der Waals surface area (Å²) >= 11 is 7.24. The van der Waals surface area contributed by atoms with Crippen LogP contribution in [-0.4, -0.2) is 47.7 Å². The molecule has 1 aliphatic heterocycles. The summed E-state index contributed by atoms with van der Waals surface area (Å²) in [6, 6.07) is 14.8. The maximum absolute atomic E-state index is 5.46. The Morgan fingerprint density at radius 2 is 1.92 bits per heavy atom. The average molecular weight is 383 g/mol. The first-order chi connectivity index (χ1) is 12.8. The zero-order valence-electron chi connectivity index (χ0n) is 14.8. The highest BCUT2D eigenvalue weighted by molar-refractivity contribution is 7.80. The molecule has 0 saturated carbocycles. The predicted octanol–water partition coefficient (Wildman–Crippen LogP) is 3.98. The molecule has 4 rings (SSSR count). The van der Waals surface area contributed by atoms with E-state index in [-0.39, 0.29) is 0 Å². The third kappa shape index (κ3) is 3.39. The van der Waals surface area contributed by atoms with Crippen molar-refractivity contribution < 1.29 is 0 Å². The number of hydrogen-bond donors (Lipinski definition) is 1. The Morgan fingerprint density at radius 1 is 1.15 bits per heavy atom. The molecule has 0 atom stereocenters. The second kappa shape index (κ2) is 7.60. The molecule has 0 radical (unpaired) electrons. The van der Waals surface area contributed by atoms with Gasteiger partial charge in [-0.05, 0) is 36.7 Å². The molecule has 4 nitrogen and oxygen atoms in total. The summed E-state index contributed by atoms with van der Waals surface area (Å²) in [5.74, 6) is 0. The number of aromatic nitrogens is 1. The van der Waals surface area contributed by atoms with Crippen molar-refractivity contribution in [2.24, 2.45) is 0 Å². The molecular weight excluding hydrogens is 360 g/mol. The second-order valence-electron chi connectivity index (χ2n) is 6.34. The van der Waals surface area contributed by atoms with E-state index in [1.165, 1.54) is 10.4 Å². The van der Waals surface area contributed by atoms with Gasteiger partial charge in [0.25, 0.3) is 0 Å².